The molecule has 1 amide bonds. The third-order valence-electron chi connectivity index (χ3n) is 5.17. The van der Waals surface area contributed by atoms with Crippen molar-refractivity contribution >= 4 is 40.0 Å². The van der Waals surface area contributed by atoms with E-state index in [4.69, 9.17) is 4.74 Å². The summed E-state index contributed by atoms with van der Waals surface area (Å²) in [7, 11) is 1.57. The second-order valence-corrected chi connectivity index (χ2v) is 9.57. The number of aryl methyl sites for hydroxylation is 1. The number of rotatable bonds is 8. The summed E-state index contributed by atoms with van der Waals surface area (Å²) in [5.74, 6) is -1.37. The first-order chi connectivity index (χ1) is 16.0. The number of nitrogens with zero attached hydrogens (tertiary/aromatic N) is 3. The fraction of sp³-hybridized carbons (Fsp3) is 0.364. The van der Waals surface area contributed by atoms with Gasteiger partial charge in [0.1, 0.15) is 5.00 Å². The molecule has 11 heteroatoms. The molecular weight excluding hydrogens is 464 g/mol. The Morgan fingerprint density at radius 1 is 1.36 bits per heavy atom. The fourth-order valence-corrected chi connectivity index (χ4v) is 5.71. The minimum Gasteiger partial charge on any atom is -0.538 e. The average molecular weight is 489 g/mol. The highest BCUT2D eigenvalue weighted by Gasteiger charge is 2.30. The second kappa shape index (κ2) is 10.4. The standard InChI is InChI=1S/C22H24N4O5S2/c1-3-30-21(28)18-15-9-10-26(11-14-7-5-4-6-8-14)12-16(15)33-19(18)23-17(27)13-32-20-22(29)31-24-25(20)2/h4-8H,3,9-13H2,1-2H3,(H-,23,24,27,28,29). The number of nitrogens with one attached hydrogen (secondary N) is 1. The molecule has 0 spiro atoms. The van der Waals surface area contributed by atoms with Gasteiger partial charge in [-0.15, -0.1) is 11.3 Å². The van der Waals surface area contributed by atoms with Crippen LogP contribution in [0.25, 0.3) is 0 Å². The van der Waals surface area contributed by atoms with E-state index < -0.39 is 11.9 Å². The number of amides is 1. The molecular formula is C22H24N4O5S2. The van der Waals surface area contributed by atoms with Gasteiger partial charge in [-0.25, -0.2) is 4.79 Å². The van der Waals surface area contributed by atoms with Gasteiger partial charge in [0.05, 0.1) is 23.2 Å². The van der Waals surface area contributed by atoms with E-state index in [0.717, 1.165) is 35.3 Å². The molecule has 1 aromatic carbocycles. The molecule has 9 nitrogen and oxygen atoms in total. The summed E-state index contributed by atoms with van der Waals surface area (Å²) >= 11 is 2.44. The number of carbonyl (C=O) groups excluding carboxylic acids is 2. The normalized spacial score (nSPS) is 13.5. The van der Waals surface area contributed by atoms with Crippen LogP contribution < -0.4 is 15.1 Å². The van der Waals surface area contributed by atoms with Gasteiger partial charge in [-0.3, -0.25) is 9.69 Å². The Balaban J connectivity index is 1.50. The third kappa shape index (κ3) is 5.37. The molecule has 1 N–H and O–H groups in total. The van der Waals surface area contributed by atoms with E-state index in [9.17, 15) is 14.7 Å². The molecule has 0 saturated carbocycles. The van der Waals surface area contributed by atoms with Gasteiger partial charge in [0.25, 0.3) is 5.03 Å². The average Bonchev–Trinajstić information content (AvgIpc) is 3.31. The molecule has 4 rings (SSSR count). The molecule has 3 aromatic rings. The van der Waals surface area contributed by atoms with E-state index in [1.807, 2.05) is 18.2 Å². The molecule has 0 bridgehead atoms. The predicted molar refractivity (Wildman–Crippen MR) is 121 cm³/mol. The summed E-state index contributed by atoms with van der Waals surface area (Å²) in [4.78, 5) is 28.7. The SMILES string of the molecule is CCOC(=O)c1c(NC(=O)CSc2c([O-])on[n+]2C)sc2c1CCN(Cc1ccccc1)C2. The molecule has 0 aliphatic carbocycles. The Bertz CT molecular complexity index is 1130. The number of aromatic nitrogens is 2. The van der Waals surface area contributed by atoms with Crippen LogP contribution in [0, 0.1) is 0 Å². The van der Waals surface area contributed by atoms with Crippen LogP contribution in [0.2, 0.25) is 0 Å². The van der Waals surface area contributed by atoms with Crippen LogP contribution in [0.3, 0.4) is 0 Å². The number of ether oxygens (including phenoxy) is 1. The molecule has 2 aromatic heterocycles. The maximum Gasteiger partial charge on any atom is 0.341 e. The van der Waals surface area contributed by atoms with Crippen molar-refractivity contribution in [2.75, 3.05) is 24.2 Å². The van der Waals surface area contributed by atoms with Crippen molar-refractivity contribution in [3.8, 4) is 5.95 Å². The Labute approximate surface area is 199 Å². The number of hydrogen-bond acceptors (Lipinski definition) is 9. The van der Waals surface area contributed by atoms with E-state index in [1.54, 1.807) is 14.0 Å². The van der Waals surface area contributed by atoms with Gasteiger partial charge < -0.3 is 19.7 Å². The van der Waals surface area contributed by atoms with Crippen LogP contribution in [0.15, 0.2) is 39.9 Å². The van der Waals surface area contributed by atoms with Gasteiger partial charge in [0.2, 0.25) is 5.91 Å². The van der Waals surface area contributed by atoms with Crippen molar-refractivity contribution < 1.29 is 28.6 Å². The molecule has 3 heterocycles. The second-order valence-electron chi connectivity index (χ2n) is 7.50. The zero-order valence-corrected chi connectivity index (χ0v) is 20.0. The van der Waals surface area contributed by atoms with Crippen molar-refractivity contribution in [3.05, 3.63) is 51.9 Å². The number of fused-ring (bicyclic) bond motifs is 1. The van der Waals surface area contributed by atoms with Crippen molar-refractivity contribution in [1.29, 1.82) is 0 Å². The number of benzene rings is 1. The molecule has 1 aliphatic rings. The smallest absolute Gasteiger partial charge is 0.341 e. The lowest BCUT2D eigenvalue weighted by molar-refractivity contribution is -0.772. The summed E-state index contributed by atoms with van der Waals surface area (Å²) in [5.41, 5.74) is 2.61. The van der Waals surface area contributed by atoms with E-state index in [1.165, 1.54) is 21.6 Å². The zero-order valence-electron chi connectivity index (χ0n) is 18.3. The predicted octanol–water partition coefficient (Wildman–Crippen LogP) is 2.10. The van der Waals surface area contributed by atoms with E-state index in [-0.39, 0.29) is 23.3 Å². The number of hydrogen-bond donors (Lipinski definition) is 1. The van der Waals surface area contributed by atoms with Crippen LogP contribution in [0.5, 0.6) is 5.95 Å². The number of thioether (sulfide) groups is 1. The maximum absolute atomic E-state index is 12.7. The maximum atomic E-state index is 12.7. The highest BCUT2D eigenvalue weighted by atomic mass is 32.2. The zero-order chi connectivity index (χ0) is 23.4. The summed E-state index contributed by atoms with van der Waals surface area (Å²) in [6.45, 7) is 4.33. The Morgan fingerprint density at radius 3 is 2.85 bits per heavy atom. The monoisotopic (exact) mass is 488 g/mol. The van der Waals surface area contributed by atoms with E-state index in [2.05, 4.69) is 32.1 Å². The quantitative estimate of drug-likeness (QED) is 0.292. The van der Waals surface area contributed by atoms with E-state index in [0.29, 0.717) is 23.5 Å². The molecule has 0 unspecified atom stereocenters. The summed E-state index contributed by atoms with van der Waals surface area (Å²) in [6, 6.07) is 10.2. The Kier molecular flexibility index (Phi) is 7.31. The lowest BCUT2D eigenvalue weighted by Crippen LogP contribution is -2.32. The van der Waals surface area contributed by atoms with Crippen LogP contribution >= 0.6 is 23.1 Å². The van der Waals surface area contributed by atoms with Gasteiger partial charge in [-0.05, 0) is 36.2 Å². The molecule has 0 atom stereocenters. The van der Waals surface area contributed by atoms with Crippen LogP contribution in [-0.2, 0) is 36.1 Å². The van der Waals surface area contributed by atoms with Gasteiger partial charge in [0.15, 0.2) is 13.0 Å². The highest BCUT2D eigenvalue weighted by Crippen LogP contribution is 2.38. The van der Waals surface area contributed by atoms with Gasteiger partial charge >= 0.3 is 5.97 Å². The Morgan fingerprint density at radius 2 is 2.15 bits per heavy atom. The molecule has 0 fully saturated rings. The topological polar surface area (TPSA) is 112 Å². The highest BCUT2D eigenvalue weighted by molar-refractivity contribution is 7.99. The van der Waals surface area contributed by atoms with Crippen LogP contribution in [0.1, 0.15) is 33.3 Å². The summed E-state index contributed by atoms with van der Waals surface area (Å²) < 4.78 is 11.1. The van der Waals surface area contributed by atoms with Gasteiger partial charge in [0, 0.05) is 24.5 Å². The van der Waals surface area contributed by atoms with E-state index >= 15 is 0 Å². The number of thiophene rings is 1. The summed E-state index contributed by atoms with van der Waals surface area (Å²) in [6.07, 6.45) is 0.702. The number of carbonyl (C=O) groups is 2. The van der Waals surface area contributed by atoms with Crippen molar-refractivity contribution in [1.82, 2.24) is 10.2 Å². The summed E-state index contributed by atoms with van der Waals surface area (Å²) in [5, 5.41) is 18.8. The first-order valence-corrected chi connectivity index (χ1v) is 12.3. The van der Waals surface area contributed by atoms with Gasteiger partial charge in [-0.2, -0.15) is 0 Å². The first-order valence-electron chi connectivity index (χ1n) is 10.5. The van der Waals surface area contributed by atoms with Crippen molar-refractivity contribution in [3.63, 3.8) is 0 Å². The van der Waals surface area contributed by atoms with Crippen LogP contribution in [0.4, 0.5) is 5.00 Å². The molecule has 0 radical (unpaired) electrons. The lowest BCUT2D eigenvalue weighted by Gasteiger charge is -2.27. The number of esters is 1. The minimum absolute atomic E-state index is 0.0186. The largest absolute Gasteiger partial charge is 0.538 e. The van der Waals surface area contributed by atoms with Crippen molar-refractivity contribution in [2.45, 2.75) is 31.5 Å². The molecule has 1 aliphatic heterocycles. The fourth-order valence-electron chi connectivity index (χ4n) is 3.70. The lowest BCUT2D eigenvalue weighted by atomic mass is 10.0. The van der Waals surface area contributed by atoms with Gasteiger partial charge in [-0.1, -0.05) is 35.0 Å². The molecule has 174 valence electrons. The molecule has 0 saturated heterocycles. The first kappa shape index (κ1) is 23.3. The Hall–Kier alpha value is -2.89. The third-order valence-corrected chi connectivity index (χ3v) is 7.42. The minimum atomic E-state index is -0.590. The van der Waals surface area contributed by atoms with Crippen LogP contribution in [-0.4, -0.2) is 41.0 Å². The van der Waals surface area contributed by atoms with Crippen molar-refractivity contribution in [2.24, 2.45) is 7.05 Å². The number of anilines is 1. The molecule has 33 heavy (non-hydrogen) atoms.